The largest absolute Gasteiger partial charge is 0.493 e. The van der Waals surface area contributed by atoms with E-state index in [2.05, 4.69) is 5.32 Å². The van der Waals surface area contributed by atoms with E-state index in [0.29, 0.717) is 47.5 Å². The normalized spacial score (nSPS) is 16.4. The summed E-state index contributed by atoms with van der Waals surface area (Å²) < 4.78 is 17.0. The Morgan fingerprint density at radius 1 is 1.10 bits per heavy atom. The first-order valence-corrected chi connectivity index (χ1v) is 14.0. The molecule has 2 aliphatic heterocycles. The van der Waals surface area contributed by atoms with E-state index in [-0.39, 0.29) is 12.3 Å². The Hall–Kier alpha value is -3.76. The van der Waals surface area contributed by atoms with Gasteiger partial charge in [0.2, 0.25) is 5.91 Å². The monoisotopic (exact) mass is 564 g/mol. The Bertz CT molecular complexity index is 1320. The van der Waals surface area contributed by atoms with Crippen LogP contribution >= 0.6 is 11.8 Å². The third-order valence-corrected chi connectivity index (χ3v) is 7.48. The van der Waals surface area contributed by atoms with Gasteiger partial charge in [-0.2, -0.15) is 0 Å². The molecule has 2 aromatic carbocycles. The van der Waals surface area contributed by atoms with Gasteiger partial charge in [-0.25, -0.2) is 9.79 Å². The molecule has 0 radical (unpaired) electrons. The third-order valence-electron chi connectivity index (χ3n) is 6.59. The molecule has 0 spiro atoms. The number of ether oxygens (including phenoxy) is 3. The van der Waals surface area contributed by atoms with Crippen molar-refractivity contribution in [1.29, 1.82) is 0 Å². The number of hydrogen-bond donors (Lipinski definition) is 1. The van der Waals surface area contributed by atoms with Crippen molar-refractivity contribution in [2.24, 2.45) is 4.99 Å². The number of hydrogen-bond acceptors (Lipinski definition) is 9. The van der Waals surface area contributed by atoms with Crippen LogP contribution in [0.1, 0.15) is 36.9 Å². The summed E-state index contributed by atoms with van der Waals surface area (Å²) >= 11 is 1.45. The first-order valence-electron chi connectivity index (χ1n) is 13.2. The minimum absolute atomic E-state index is 0.0965. The number of fused-ring (bicyclic) bond motifs is 1. The van der Waals surface area contributed by atoms with Crippen LogP contribution in [0.5, 0.6) is 11.5 Å². The lowest BCUT2D eigenvalue weighted by molar-refractivity contribution is -0.136. The summed E-state index contributed by atoms with van der Waals surface area (Å²) in [6.45, 7) is 3.64. The van der Waals surface area contributed by atoms with Crippen LogP contribution in [0.2, 0.25) is 0 Å². The Morgan fingerprint density at radius 2 is 1.88 bits per heavy atom. The van der Waals surface area contributed by atoms with Crippen LogP contribution in [0, 0.1) is 0 Å². The molecule has 4 rings (SSSR count). The van der Waals surface area contributed by atoms with Crippen LogP contribution in [-0.2, 0) is 20.9 Å². The van der Waals surface area contributed by atoms with Gasteiger partial charge in [-0.3, -0.25) is 4.79 Å². The molecule has 2 aromatic rings. The maximum atomic E-state index is 13.2. The lowest BCUT2D eigenvalue weighted by Crippen LogP contribution is -2.38. The number of esters is 1. The summed E-state index contributed by atoms with van der Waals surface area (Å²) in [5.41, 5.74) is 3.69. The molecule has 0 saturated heterocycles. The molecular formula is C30H36N4O5S. The zero-order chi connectivity index (χ0) is 28.6. The van der Waals surface area contributed by atoms with Gasteiger partial charge in [0.15, 0.2) is 16.7 Å². The Balaban J connectivity index is 1.67. The first-order chi connectivity index (χ1) is 19.4. The second-order valence-electron chi connectivity index (χ2n) is 9.61. The number of aliphatic imine (C=N–C) groups is 1. The highest BCUT2D eigenvalue weighted by atomic mass is 32.2. The van der Waals surface area contributed by atoms with E-state index in [0.717, 1.165) is 23.4 Å². The molecule has 0 saturated carbocycles. The average Bonchev–Trinajstić information content (AvgIpc) is 3.36. The lowest BCUT2D eigenvalue weighted by Gasteiger charge is -2.36. The van der Waals surface area contributed by atoms with Crippen LogP contribution in [0.15, 0.2) is 75.9 Å². The number of likely N-dealkylation sites (N-methyl/N-ethyl adjacent to an activating group) is 1. The number of rotatable bonds is 12. The van der Waals surface area contributed by atoms with Crippen LogP contribution < -0.4 is 14.8 Å². The summed E-state index contributed by atoms with van der Waals surface area (Å²) in [4.78, 5) is 34.8. The standard InChI is InChI=1S/C30H36N4O5S/c1-6-23-27(29(36)38-5)28(34-22(19-40-30(34)32-23)17-26(35)31-14-15-33(2)3)21-12-13-24(25(16-21)37-4)39-18-20-10-8-7-9-11-20/h7-13,16,19,28H,6,14-15,17-18H2,1-5H3,(H,31,35). The molecule has 0 aromatic heterocycles. The van der Waals surface area contributed by atoms with Crippen LogP contribution in [-0.4, -0.2) is 68.2 Å². The second-order valence-corrected chi connectivity index (χ2v) is 10.5. The molecule has 2 aliphatic rings. The van der Waals surface area contributed by atoms with Crippen LogP contribution in [0.4, 0.5) is 0 Å². The van der Waals surface area contributed by atoms with Gasteiger partial charge in [-0.1, -0.05) is 55.1 Å². The number of thioether (sulfide) groups is 1. The van der Waals surface area contributed by atoms with E-state index in [4.69, 9.17) is 19.2 Å². The summed E-state index contributed by atoms with van der Waals surface area (Å²) in [6, 6.07) is 15.0. The fourth-order valence-corrected chi connectivity index (χ4v) is 5.52. The average molecular weight is 565 g/mol. The van der Waals surface area contributed by atoms with Crippen molar-refractivity contribution in [2.75, 3.05) is 41.4 Å². The molecule has 10 heteroatoms. The quantitative estimate of drug-likeness (QED) is 0.378. The van der Waals surface area contributed by atoms with E-state index in [9.17, 15) is 9.59 Å². The zero-order valence-electron chi connectivity index (χ0n) is 23.6. The van der Waals surface area contributed by atoms with Crippen molar-refractivity contribution < 1.29 is 23.8 Å². The number of nitrogens with zero attached hydrogens (tertiary/aromatic N) is 3. The van der Waals surface area contributed by atoms with Crippen molar-refractivity contribution in [3.05, 3.63) is 82.0 Å². The molecule has 0 aliphatic carbocycles. The Labute approximate surface area is 239 Å². The highest BCUT2D eigenvalue weighted by Gasteiger charge is 2.41. The van der Waals surface area contributed by atoms with E-state index in [1.54, 1.807) is 7.11 Å². The number of nitrogens with one attached hydrogen (secondary N) is 1. The summed E-state index contributed by atoms with van der Waals surface area (Å²) in [5.74, 6) is 0.574. The van der Waals surface area contributed by atoms with E-state index >= 15 is 0 Å². The maximum absolute atomic E-state index is 13.2. The predicted molar refractivity (Wildman–Crippen MR) is 157 cm³/mol. The molecule has 1 amide bonds. The number of amides is 1. The van der Waals surface area contributed by atoms with E-state index in [1.807, 2.05) is 84.8 Å². The van der Waals surface area contributed by atoms with E-state index in [1.165, 1.54) is 18.9 Å². The third kappa shape index (κ3) is 6.68. The first kappa shape index (κ1) is 29.2. The van der Waals surface area contributed by atoms with Gasteiger partial charge < -0.3 is 29.3 Å². The molecular weight excluding hydrogens is 528 g/mol. The van der Waals surface area contributed by atoms with Gasteiger partial charge in [0.05, 0.1) is 38.0 Å². The Kier molecular flexibility index (Phi) is 9.89. The number of carbonyl (C=O) groups is 2. The van der Waals surface area contributed by atoms with Crippen molar-refractivity contribution in [3.8, 4) is 11.5 Å². The highest BCUT2D eigenvalue weighted by molar-refractivity contribution is 8.16. The van der Waals surface area contributed by atoms with Gasteiger partial charge in [0, 0.05) is 18.8 Å². The molecule has 2 heterocycles. The fraction of sp³-hybridized carbons (Fsp3) is 0.367. The Morgan fingerprint density at radius 3 is 2.55 bits per heavy atom. The van der Waals surface area contributed by atoms with Crippen LogP contribution in [0.3, 0.4) is 0 Å². The molecule has 1 atom stereocenters. The molecule has 1 unspecified atom stereocenters. The van der Waals surface area contributed by atoms with Gasteiger partial charge >= 0.3 is 5.97 Å². The minimum Gasteiger partial charge on any atom is -0.493 e. The van der Waals surface area contributed by atoms with Crippen LogP contribution in [0.25, 0.3) is 0 Å². The van der Waals surface area contributed by atoms with Gasteiger partial charge in [0.25, 0.3) is 0 Å². The maximum Gasteiger partial charge on any atom is 0.338 e. The number of allylic oxidation sites excluding steroid dienone is 1. The number of amidine groups is 1. The number of benzene rings is 2. The fourth-order valence-electron chi connectivity index (χ4n) is 4.58. The molecule has 212 valence electrons. The molecule has 0 fully saturated rings. The van der Waals surface area contributed by atoms with Crippen molar-refractivity contribution in [2.45, 2.75) is 32.4 Å². The zero-order valence-corrected chi connectivity index (χ0v) is 24.4. The molecule has 9 nitrogen and oxygen atoms in total. The smallest absolute Gasteiger partial charge is 0.338 e. The van der Waals surface area contributed by atoms with E-state index < -0.39 is 12.0 Å². The molecule has 1 N–H and O–H groups in total. The SMILES string of the molecule is CCC1=C(C(=O)OC)C(c2ccc(OCc3ccccc3)c(OC)c2)N2C(CC(=O)NCCN(C)C)=CSC2=N1. The van der Waals surface area contributed by atoms with Crippen molar-refractivity contribution in [1.82, 2.24) is 15.1 Å². The summed E-state index contributed by atoms with van der Waals surface area (Å²) in [5, 5.41) is 5.62. The number of methoxy groups -OCH3 is 2. The topological polar surface area (TPSA) is 92.7 Å². The molecule has 0 bridgehead atoms. The van der Waals surface area contributed by atoms with Gasteiger partial charge in [-0.15, -0.1) is 0 Å². The minimum atomic E-state index is -0.553. The van der Waals surface area contributed by atoms with Gasteiger partial charge in [0.1, 0.15) is 6.61 Å². The lowest BCUT2D eigenvalue weighted by atomic mass is 9.92. The second kappa shape index (κ2) is 13.5. The van der Waals surface area contributed by atoms with Gasteiger partial charge in [-0.05, 0) is 49.2 Å². The summed E-state index contributed by atoms with van der Waals surface area (Å²) in [6.07, 6.45) is 0.704. The predicted octanol–water partition coefficient (Wildman–Crippen LogP) is 4.48. The van der Waals surface area contributed by atoms with Crippen molar-refractivity contribution >= 4 is 28.8 Å². The summed E-state index contributed by atoms with van der Waals surface area (Å²) in [7, 11) is 6.88. The van der Waals surface area contributed by atoms with Crippen molar-refractivity contribution in [3.63, 3.8) is 0 Å². The molecule has 40 heavy (non-hydrogen) atoms. The highest BCUT2D eigenvalue weighted by Crippen LogP contribution is 2.46. The number of carbonyl (C=O) groups excluding carboxylic acids is 2.